The van der Waals surface area contributed by atoms with Gasteiger partial charge >= 0.3 is 0 Å². The van der Waals surface area contributed by atoms with Gasteiger partial charge < -0.3 is 14.5 Å². The first-order chi connectivity index (χ1) is 10.3. The average Bonchev–Trinajstić information content (AvgIpc) is 3.03. The van der Waals surface area contributed by atoms with Crippen molar-refractivity contribution in [2.45, 2.75) is 26.4 Å². The molecule has 1 aliphatic heterocycles. The molecule has 0 saturated carbocycles. The van der Waals surface area contributed by atoms with E-state index in [9.17, 15) is 9.90 Å². The molecule has 2 aromatic rings. The third-order valence-corrected chi connectivity index (χ3v) is 4.62. The van der Waals surface area contributed by atoms with E-state index in [0.29, 0.717) is 18.8 Å². The molecular formula is C17H20N2O3. The SMILES string of the molecule is CC1(C)CN(C(=O)c2cc(-c3ccccc3)no2)CC1(C)O. The lowest BCUT2D eigenvalue weighted by Crippen LogP contribution is -2.40. The van der Waals surface area contributed by atoms with Crippen molar-refractivity contribution < 1.29 is 14.4 Å². The predicted octanol–water partition coefficient (Wildman–Crippen LogP) is 2.57. The summed E-state index contributed by atoms with van der Waals surface area (Å²) < 4.78 is 5.21. The van der Waals surface area contributed by atoms with E-state index in [0.717, 1.165) is 5.56 Å². The number of hydrogen-bond acceptors (Lipinski definition) is 4. The highest BCUT2D eigenvalue weighted by Crippen LogP contribution is 2.39. The van der Waals surface area contributed by atoms with Crippen molar-refractivity contribution in [3.63, 3.8) is 0 Å². The Kier molecular flexibility index (Phi) is 3.33. The Bertz CT molecular complexity index is 673. The van der Waals surface area contributed by atoms with Gasteiger partial charge in [-0.3, -0.25) is 4.79 Å². The van der Waals surface area contributed by atoms with E-state index in [1.807, 2.05) is 44.2 Å². The van der Waals surface area contributed by atoms with Crippen molar-refractivity contribution in [2.75, 3.05) is 13.1 Å². The highest BCUT2D eigenvalue weighted by molar-refractivity contribution is 5.92. The van der Waals surface area contributed by atoms with Crippen molar-refractivity contribution >= 4 is 5.91 Å². The highest BCUT2D eigenvalue weighted by Gasteiger charge is 2.49. The number of nitrogens with zero attached hydrogens (tertiary/aromatic N) is 2. The van der Waals surface area contributed by atoms with Gasteiger partial charge in [-0.25, -0.2) is 0 Å². The maximum atomic E-state index is 12.5. The summed E-state index contributed by atoms with van der Waals surface area (Å²) in [5, 5.41) is 14.4. The Hall–Kier alpha value is -2.14. The molecule has 0 aliphatic carbocycles. The van der Waals surface area contributed by atoms with E-state index in [2.05, 4.69) is 5.16 Å². The van der Waals surface area contributed by atoms with Gasteiger partial charge in [-0.15, -0.1) is 0 Å². The molecule has 1 unspecified atom stereocenters. The summed E-state index contributed by atoms with van der Waals surface area (Å²) in [6.45, 7) is 6.45. The van der Waals surface area contributed by atoms with Crippen LogP contribution in [0.25, 0.3) is 11.3 Å². The van der Waals surface area contributed by atoms with Crippen LogP contribution in [0.2, 0.25) is 0 Å². The van der Waals surface area contributed by atoms with Crippen LogP contribution in [0.3, 0.4) is 0 Å². The average molecular weight is 300 g/mol. The monoisotopic (exact) mass is 300 g/mol. The minimum atomic E-state index is -0.912. The van der Waals surface area contributed by atoms with Gasteiger partial charge in [0.25, 0.3) is 5.91 Å². The number of β-amino-alcohol motifs (C(OH)–C–C–N with tert-alkyl or cyclic N) is 1. The van der Waals surface area contributed by atoms with Crippen molar-refractivity contribution in [3.8, 4) is 11.3 Å². The van der Waals surface area contributed by atoms with Crippen LogP contribution in [0.4, 0.5) is 0 Å². The fourth-order valence-corrected chi connectivity index (χ4v) is 2.71. The summed E-state index contributed by atoms with van der Waals surface area (Å²) in [6, 6.07) is 11.2. The first-order valence-corrected chi connectivity index (χ1v) is 7.34. The molecule has 2 heterocycles. The van der Waals surface area contributed by atoms with Gasteiger partial charge in [0.05, 0.1) is 12.1 Å². The predicted molar refractivity (Wildman–Crippen MR) is 82.2 cm³/mol. The molecule has 1 aromatic heterocycles. The Labute approximate surface area is 129 Å². The smallest absolute Gasteiger partial charge is 0.292 e. The second-order valence-electron chi connectivity index (χ2n) is 6.76. The lowest BCUT2D eigenvalue weighted by atomic mass is 9.79. The number of rotatable bonds is 2. The third-order valence-electron chi connectivity index (χ3n) is 4.62. The van der Waals surface area contributed by atoms with Crippen LogP contribution in [-0.2, 0) is 0 Å². The van der Waals surface area contributed by atoms with E-state index in [1.54, 1.807) is 17.9 Å². The Morgan fingerprint density at radius 2 is 1.91 bits per heavy atom. The molecular weight excluding hydrogens is 280 g/mol. The van der Waals surface area contributed by atoms with Gasteiger partial charge in [0, 0.05) is 23.6 Å². The van der Waals surface area contributed by atoms with E-state index < -0.39 is 5.60 Å². The number of benzene rings is 1. The lowest BCUT2D eigenvalue weighted by Gasteiger charge is -2.30. The number of aliphatic hydroxyl groups is 1. The second kappa shape index (κ2) is 4.95. The van der Waals surface area contributed by atoms with Crippen LogP contribution in [0.15, 0.2) is 40.9 Å². The molecule has 116 valence electrons. The van der Waals surface area contributed by atoms with Crippen molar-refractivity contribution in [1.29, 1.82) is 0 Å². The van der Waals surface area contributed by atoms with E-state index in [4.69, 9.17) is 4.52 Å². The second-order valence-corrected chi connectivity index (χ2v) is 6.76. The molecule has 1 amide bonds. The molecule has 5 nitrogen and oxygen atoms in total. The summed E-state index contributed by atoms with van der Waals surface area (Å²) in [6.07, 6.45) is 0. The van der Waals surface area contributed by atoms with Gasteiger partial charge in [0.2, 0.25) is 5.76 Å². The Balaban J connectivity index is 1.82. The van der Waals surface area contributed by atoms with Crippen LogP contribution >= 0.6 is 0 Å². The van der Waals surface area contributed by atoms with Gasteiger partial charge in [-0.05, 0) is 6.92 Å². The number of hydrogen-bond donors (Lipinski definition) is 1. The van der Waals surface area contributed by atoms with E-state index in [-0.39, 0.29) is 17.1 Å². The molecule has 3 rings (SSSR count). The maximum absolute atomic E-state index is 12.5. The maximum Gasteiger partial charge on any atom is 0.292 e. The van der Waals surface area contributed by atoms with E-state index >= 15 is 0 Å². The number of carbonyl (C=O) groups excluding carboxylic acids is 1. The first kappa shape index (κ1) is 14.8. The molecule has 22 heavy (non-hydrogen) atoms. The molecule has 1 fully saturated rings. The molecule has 1 aliphatic rings. The lowest BCUT2D eigenvalue weighted by molar-refractivity contribution is -0.0109. The summed E-state index contributed by atoms with van der Waals surface area (Å²) >= 11 is 0. The minimum Gasteiger partial charge on any atom is -0.388 e. The summed E-state index contributed by atoms with van der Waals surface area (Å²) in [5.41, 5.74) is 0.267. The zero-order valence-corrected chi connectivity index (χ0v) is 13.0. The fraction of sp³-hybridized carbons (Fsp3) is 0.412. The van der Waals surface area contributed by atoms with Gasteiger partial charge in [0.1, 0.15) is 5.69 Å². The fourth-order valence-electron chi connectivity index (χ4n) is 2.71. The molecule has 0 spiro atoms. The molecule has 1 N–H and O–H groups in total. The number of amides is 1. The standard InChI is InChI=1S/C17H20N2O3/c1-16(2)10-19(11-17(16,3)21)15(20)14-9-13(18-22-14)12-7-5-4-6-8-12/h4-9,21H,10-11H2,1-3H3. The summed E-state index contributed by atoms with van der Waals surface area (Å²) in [7, 11) is 0. The minimum absolute atomic E-state index is 0.201. The quantitative estimate of drug-likeness (QED) is 0.925. The molecule has 0 bridgehead atoms. The molecule has 1 aromatic carbocycles. The number of likely N-dealkylation sites (tertiary alicyclic amines) is 1. The topological polar surface area (TPSA) is 66.6 Å². The van der Waals surface area contributed by atoms with Crippen LogP contribution in [0.1, 0.15) is 31.3 Å². The Morgan fingerprint density at radius 1 is 1.23 bits per heavy atom. The zero-order chi connectivity index (χ0) is 16.0. The highest BCUT2D eigenvalue weighted by atomic mass is 16.5. The van der Waals surface area contributed by atoms with Gasteiger partial charge in [-0.1, -0.05) is 49.3 Å². The van der Waals surface area contributed by atoms with Crippen molar-refractivity contribution in [2.24, 2.45) is 5.41 Å². The first-order valence-electron chi connectivity index (χ1n) is 7.34. The number of carbonyl (C=O) groups is 1. The molecule has 5 heteroatoms. The molecule has 0 radical (unpaired) electrons. The van der Waals surface area contributed by atoms with Crippen LogP contribution < -0.4 is 0 Å². The largest absolute Gasteiger partial charge is 0.388 e. The van der Waals surface area contributed by atoms with Gasteiger partial charge in [0.15, 0.2) is 0 Å². The van der Waals surface area contributed by atoms with Gasteiger partial charge in [-0.2, -0.15) is 0 Å². The van der Waals surface area contributed by atoms with Crippen molar-refractivity contribution in [1.82, 2.24) is 10.1 Å². The van der Waals surface area contributed by atoms with Crippen LogP contribution in [-0.4, -0.2) is 39.8 Å². The third kappa shape index (κ3) is 2.41. The molecule has 1 atom stereocenters. The zero-order valence-electron chi connectivity index (χ0n) is 13.0. The molecule has 1 saturated heterocycles. The number of aromatic nitrogens is 1. The summed E-state index contributed by atoms with van der Waals surface area (Å²) in [4.78, 5) is 14.2. The normalized spacial score (nSPS) is 23.7. The van der Waals surface area contributed by atoms with Crippen LogP contribution in [0, 0.1) is 5.41 Å². The van der Waals surface area contributed by atoms with Crippen molar-refractivity contribution in [3.05, 3.63) is 42.2 Å². The van der Waals surface area contributed by atoms with E-state index in [1.165, 1.54) is 0 Å². The summed E-state index contributed by atoms with van der Waals surface area (Å²) in [5.74, 6) is -0.0344. The Morgan fingerprint density at radius 3 is 2.50 bits per heavy atom. The van der Waals surface area contributed by atoms with Crippen LogP contribution in [0.5, 0.6) is 0 Å².